The van der Waals surface area contributed by atoms with E-state index in [0.717, 1.165) is 29.2 Å². The number of dihydropyridines is 1. The van der Waals surface area contributed by atoms with Gasteiger partial charge in [0.05, 0.1) is 18.1 Å². The number of esters is 1. The Bertz CT molecular complexity index is 674. The van der Waals surface area contributed by atoms with Gasteiger partial charge >= 0.3 is 5.97 Å². The number of thiazole rings is 1. The Morgan fingerprint density at radius 1 is 1.50 bits per heavy atom. The Hall–Kier alpha value is -1.95. The van der Waals surface area contributed by atoms with Crippen LogP contribution in [0.15, 0.2) is 34.1 Å². The third-order valence-corrected chi connectivity index (χ3v) is 4.81. The number of carbonyl (C=O) groups is 2. The van der Waals surface area contributed by atoms with Gasteiger partial charge in [0.15, 0.2) is 5.78 Å². The van der Waals surface area contributed by atoms with Crippen LogP contribution in [0.25, 0.3) is 0 Å². The number of carbonyl (C=O) groups excluding carboxylic acids is 2. The lowest BCUT2D eigenvalue weighted by Crippen LogP contribution is -2.34. The second-order valence-corrected chi connectivity index (χ2v) is 6.28. The first kappa shape index (κ1) is 15.0. The molecule has 2 aliphatic rings. The fourth-order valence-corrected chi connectivity index (χ4v) is 3.84. The topological polar surface area (TPSA) is 68.3 Å². The molecule has 1 aromatic rings. The summed E-state index contributed by atoms with van der Waals surface area (Å²) in [5.74, 6) is -0.677. The molecule has 1 atom stereocenters. The Balaban J connectivity index is 2.12. The van der Waals surface area contributed by atoms with Gasteiger partial charge in [0, 0.05) is 35.0 Å². The van der Waals surface area contributed by atoms with Crippen molar-refractivity contribution >= 4 is 23.1 Å². The van der Waals surface area contributed by atoms with Crippen molar-refractivity contribution in [3.63, 3.8) is 0 Å². The Morgan fingerprint density at radius 2 is 2.32 bits per heavy atom. The second-order valence-electron chi connectivity index (χ2n) is 5.36. The largest absolute Gasteiger partial charge is 0.463 e. The molecule has 3 rings (SSSR count). The smallest absolute Gasteiger partial charge is 0.336 e. The molecular formula is C16H18N2O3S. The number of ether oxygens (including phenoxy) is 1. The van der Waals surface area contributed by atoms with Crippen LogP contribution >= 0.6 is 11.3 Å². The van der Waals surface area contributed by atoms with E-state index in [1.807, 2.05) is 12.3 Å². The average Bonchev–Trinajstić information content (AvgIpc) is 3.00. The maximum atomic E-state index is 12.5. The molecular weight excluding hydrogens is 300 g/mol. The monoisotopic (exact) mass is 318 g/mol. The molecule has 1 aliphatic heterocycles. The van der Waals surface area contributed by atoms with Gasteiger partial charge in [0.1, 0.15) is 5.01 Å². The summed E-state index contributed by atoms with van der Waals surface area (Å²) in [5.41, 5.74) is 2.88. The molecule has 0 bridgehead atoms. The van der Waals surface area contributed by atoms with E-state index in [1.165, 1.54) is 11.3 Å². The fraction of sp³-hybridized carbons (Fsp3) is 0.438. The molecule has 0 saturated carbocycles. The first-order valence-electron chi connectivity index (χ1n) is 7.44. The third-order valence-electron chi connectivity index (χ3n) is 3.97. The fourth-order valence-electron chi connectivity index (χ4n) is 3.09. The van der Waals surface area contributed by atoms with E-state index >= 15 is 0 Å². The van der Waals surface area contributed by atoms with Crippen LogP contribution in [0.3, 0.4) is 0 Å². The van der Waals surface area contributed by atoms with Crippen molar-refractivity contribution in [1.82, 2.24) is 10.3 Å². The summed E-state index contributed by atoms with van der Waals surface area (Å²) >= 11 is 1.46. The molecule has 1 aromatic heterocycles. The van der Waals surface area contributed by atoms with E-state index in [2.05, 4.69) is 10.3 Å². The summed E-state index contributed by atoms with van der Waals surface area (Å²) in [6.45, 7) is 3.94. The van der Waals surface area contributed by atoms with Crippen LogP contribution in [0, 0.1) is 0 Å². The zero-order chi connectivity index (χ0) is 15.7. The van der Waals surface area contributed by atoms with Gasteiger partial charge < -0.3 is 10.1 Å². The van der Waals surface area contributed by atoms with E-state index in [4.69, 9.17) is 4.74 Å². The summed E-state index contributed by atoms with van der Waals surface area (Å²) in [6.07, 6.45) is 3.90. The maximum absolute atomic E-state index is 12.5. The third kappa shape index (κ3) is 2.47. The SMILES string of the molecule is CCOC(=O)C1=C(C)NC2=C(C(=O)CCC2)C1c1nccs1. The van der Waals surface area contributed by atoms with Crippen LogP contribution in [-0.4, -0.2) is 23.3 Å². The zero-order valence-corrected chi connectivity index (χ0v) is 13.5. The van der Waals surface area contributed by atoms with Crippen LogP contribution < -0.4 is 5.32 Å². The minimum Gasteiger partial charge on any atom is -0.463 e. The van der Waals surface area contributed by atoms with Crippen LogP contribution in [0.1, 0.15) is 44.0 Å². The Labute approximate surface area is 133 Å². The quantitative estimate of drug-likeness (QED) is 0.868. The molecule has 5 nitrogen and oxygen atoms in total. The van der Waals surface area contributed by atoms with Gasteiger partial charge in [-0.3, -0.25) is 4.79 Å². The van der Waals surface area contributed by atoms with Gasteiger partial charge in [-0.05, 0) is 26.7 Å². The highest BCUT2D eigenvalue weighted by atomic mass is 32.1. The van der Waals surface area contributed by atoms with Crippen LogP contribution in [0.2, 0.25) is 0 Å². The molecule has 0 aromatic carbocycles. The van der Waals surface area contributed by atoms with Crippen molar-refractivity contribution in [2.75, 3.05) is 6.61 Å². The van der Waals surface area contributed by atoms with Crippen molar-refractivity contribution in [1.29, 1.82) is 0 Å². The average molecular weight is 318 g/mol. The number of hydrogen-bond acceptors (Lipinski definition) is 6. The van der Waals surface area contributed by atoms with E-state index in [0.29, 0.717) is 24.2 Å². The maximum Gasteiger partial charge on any atom is 0.336 e. The molecule has 116 valence electrons. The Kier molecular flexibility index (Phi) is 4.11. The predicted octanol–water partition coefficient (Wildman–Crippen LogP) is 2.67. The van der Waals surface area contributed by atoms with Gasteiger partial charge in [-0.15, -0.1) is 11.3 Å². The van der Waals surface area contributed by atoms with Crippen molar-refractivity contribution in [2.24, 2.45) is 0 Å². The van der Waals surface area contributed by atoms with Crippen LogP contribution in [0.5, 0.6) is 0 Å². The number of nitrogens with one attached hydrogen (secondary N) is 1. The number of Topliss-reactive ketones (excluding diaryl/α,β-unsaturated/α-hetero) is 1. The first-order chi connectivity index (χ1) is 10.6. The van der Waals surface area contributed by atoms with Gasteiger partial charge in [0.25, 0.3) is 0 Å². The molecule has 1 unspecified atom stereocenters. The normalized spacial score (nSPS) is 21.5. The summed E-state index contributed by atoms with van der Waals surface area (Å²) in [5, 5.41) is 5.88. The highest BCUT2D eigenvalue weighted by molar-refractivity contribution is 7.09. The molecule has 1 N–H and O–H groups in total. The highest BCUT2D eigenvalue weighted by Gasteiger charge is 2.40. The van der Waals surface area contributed by atoms with Crippen LogP contribution in [0.4, 0.5) is 0 Å². The molecule has 6 heteroatoms. The minimum atomic E-state index is -0.400. The van der Waals surface area contributed by atoms with Crippen molar-refractivity contribution in [2.45, 2.75) is 39.0 Å². The van der Waals surface area contributed by atoms with Gasteiger partial charge in [-0.1, -0.05) is 0 Å². The second kappa shape index (κ2) is 6.04. The summed E-state index contributed by atoms with van der Waals surface area (Å²) in [4.78, 5) is 29.2. The molecule has 0 fully saturated rings. The first-order valence-corrected chi connectivity index (χ1v) is 8.32. The van der Waals surface area contributed by atoms with Crippen molar-refractivity contribution < 1.29 is 14.3 Å². The van der Waals surface area contributed by atoms with Crippen LogP contribution in [-0.2, 0) is 14.3 Å². The zero-order valence-electron chi connectivity index (χ0n) is 12.6. The van der Waals surface area contributed by atoms with E-state index < -0.39 is 5.92 Å². The number of hydrogen-bond donors (Lipinski definition) is 1. The molecule has 2 heterocycles. The molecule has 0 spiro atoms. The molecule has 0 radical (unpaired) electrons. The minimum absolute atomic E-state index is 0.100. The van der Waals surface area contributed by atoms with Gasteiger partial charge in [0.2, 0.25) is 0 Å². The number of allylic oxidation sites excluding steroid dienone is 3. The van der Waals surface area contributed by atoms with E-state index in [9.17, 15) is 9.59 Å². The predicted molar refractivity (Wildman–Crippen MR) is 83.2 cm³/mol. The highest BCUT2D eigenvalue weighted by Crippen LogP contribution is 2.42. The number of ketones is 1. The number of aromatic nitrogens is 1. The lowest BCUT2D eigenvalue weighted by Gasteiger charge is -2.32. The molecule has 0 amide bonds. The molecule has 0 saturated heterocycles. The van der Waals surface area contributed by atoms with Gasteiger partial charge in [-0.25, -0.2) is 9.78 Å². The van der Waals surface area contributed by atoms with Gasteiger partial charge in [-0.2, -0.15) is 0 Å². The molecule has 22 heavy (non-hydrogen) atoms. The number of rotatable bonds is 3. The van der Waals surface area contributed by atoms with Crippen molar-refractivity contribution in [3.8, 4) is 0 Å². The standard InChI is InChI=1S/C16H18N2O3S/c1-3-21-16(20)12-9(2)18-10-5-4-6-11(19)13(10)14(12)15-17-7-8-22-15/h7-8,14,18H,3-6H2,1-2H3. The van der Waals surface area contributed by atoms with E-state index in [1.54, 1.807) is 13.1 Å². The summed E-state index contributed by atoms with van der Waals surface area (Å²) in [7, 11) is 0. The number of nitrogens with zero attached hydrogens (tertiary/aromatic N) is 1. The van der Waals surface area contributed by atoms with E-state index in [-0.39, 0.29) is 11.8 Å². The molecule has 1 aliphatic carbocycles. The summed E-state index contributed by atoms with van der Waals surface area (Å²) in [6, 6.07) is 0. The van der Waals surface area contributed by atoms with Crippen molar-refractivity contribution in [3.05, 3.63) is 39.1 Å². The summed E-state index contributed by atoms with van der Waals surface area (Å²) < 4.78 is 5.20. The lowest BCUT2D eigenvalue weighted by atomic mass is 9.79. The lowest BCUT2D eigenvalue weighted by molar-refractivity contribution is -0.138. The Morgan fingerprint density at radius 3 is 3.00 bits per heavy atom.